The van der Waals surface area contributed by atoms with Crippen molar-refractivity contribution in [3.63, 3.8) is 0 Å². The number of piperazine rings is 1. The van der Waals surface area contributed by atoms with E-state index in [4.69, 9.17) is 4.74 Å². The lowest BCUT2D eigenvalue weighted by Gasteiger charge is -2.36. The van der Waals surface area contributed by atoms with Crippen molar-refractivity contribution >= 4 is 32.9 Å². The number of sulfonamides is 1. The monoisotopic (exact) mass is 453 g/mol. The van der Waals surface area contributed by atoms with Gasteiger partial charge in [0.25, 0.3) is 5.91 Å². The van der Waals surface area contributed by atoms with Gasteiger partial charge < -0.3 is 15.0 Å². The van der Waals surface area contributed by atoms with Gasteiger partial charge in [0.15, 0.2) is 0 Å². The van der Waals surface area contributed by atoms with Crippen LogP contribution in [0.3, 0.4) is 0 Å². The largest absolute Gasteiger partial charge is 0.495 e. The zero-order valence-corrected chi connectivity index (χ0v) is 19.0. The van der Waals surface area contributed by atoms with E-state index in [-0.39, 0.29) is 10.8 Å². The third-order valence-corrected chi connectivity index (χ3v) is 8.49. The minimum absolute atomic E-state index is 0.114. The van der Waals surface area contributed by atoms with E-state index in [1.54, 1.807) is 25.3 Å². The first kappa shape index (κ1) is 21.0. The molecule has 1 aliphatic carbocycles. The minimum Gasteiger partial charge on any atom is -0.495 e. The summed E-state index contributed by atoms with van der Waals surface area (Å²) in [4.78, 5) is 15.0. The number of benzene rings is 2. The highest BCUT2D eigenvalue weighted by Gasteiger charge is 2.33. The molecule has 1 amide bonds. The van der Waals surface area contributed by atoms with Crippen LogP contribution in [0.1, 0.15) is 31.2 Å². The SMILES string of the molecule is COc1ccccc1N1CCN(S(=O)(=O)c2ccc3c(c2)C(=C2CCCC2)C(=O)N3)CC1. The van der Waals surface area contributed by atoms with E-state index >= 15 is 0 Å². The van der Waals surface area contributed by atoms with Crippen LogP contribution in [0.2, 0.25) is 0 Å². The van der Waals surface area contributed by atoms with Gasteiger partial charge in [-0.05, 0) is 56.0 Å². The highest BCUT2D eigenvalue weighted by molar-refractivity contribution is 7.89. The Kier molecular flexibility index (Phi) is 5.43. The van der Waals surface area contributed by atoms with Crippen LogP contribution in [0, 0.1) is 0 Å². The molecule has 8 heteroatoms. The van der Waals surface area contributed by atoms with Crippen molar-refractivity contribution in [1.82, 2.24) is 4.31 Å². The number of amides is 1. The summed E-state index contributed by atoms with van der Waals surface area (Å²) in [6, 6.07) is 12.8. The molecule has 0 atom stereocenters. The summed E-state index contributed by atoms with van der Waals surface area (Å²) < 4.78 is 33.8. The van der Waals surface area contributed by atoms with Crippen LogP contribution in [0.5, 0.6) is 5.75 Å². The molecule has 0 unspecified atom stereocenters. The molecule has 1 saturated carbocycles. The van der Waals surface area contributed by atoms with Gasteiger partial charge in [-0.1, -0.05) is 17.7 Å². The fraction of sp³-hybridized carbons (Fsp3) is 0.375. The van der Waals surface area contributed by atoms with Crippen molar-refractivity contribution in [1.29, 1.82) is 0 Å². The van der Waals surface area contributed by atoms with Gasteiger partial charge >= 0.3 is 0 Å². The third kappa shape index (κ3) is 3.57. The molecule has 7 nitrogen and oxygen atoms in total. The first-order valence-corrected chi connectivity index (χ1v) is 12.5. The van der Waals surface area contributed by atoms with Crippen LogP contribution in [0.15, 0.2) is 52.9 Å². The first-order chi connectivity index (χ1) is 15.5. The number of rotatable bonds is 4. The van der Waals surface area contributed by atoms with Gasteiger partial charge in [-0.15, -0.1) is 0 Å². The average molecular weight is 454 g/mol. The van der Waals surface area contributed by atoms with Crippen molar-refractivity contribution in [2.75, 3.05) is 43.5 Å². The maximum absolute atomic E-state index is 13.4. The van der Waals surface area contributed by atoms with Gasteiger partial charge in [0.1, 0.15) is 5.75 Å². The molecule has 2 aromatic rings. The van der Waals surface area contributed by atoms with E-state index < -0.39 is 10.0 Å². The van der Waals surface area contributed by atoms with Gasteiger partial charge in [-0.25, -0.2) is 8.42 Å². The number of allylic oxidation sites excluding steroid dienone is 1. The van der Waals surface area contributed by atoms with E-state index in [9.17, 15) is 13.2 Å². The molecular formula is C24H27N3O4S. The van der Waals surface area contributed by atoms with Gasteiger partial charge in [0, 0.05) is 43.0 Å². The van der Waals surface area contributed by atoms with Gasteiger partial charge in [0.05, 0.1) is 17.7 Å². The van der Waals surface area contributed by atoms with Crippen molar-refractivity contribution in [2.45, 2.75) is 30.6 Å². The Morgan fingerprint density at radius 3 is 2.41 bits per heavy atom. The summed E-state index contributed by atoms with van der Waals surface area (Å²) >= 11 is 0. The highest BCUT2D eigenvalue weighted by atomic mass is 32.2. The average Bonchev–Trinajstić information content (AvgIpc) is 3.45. The summed E-state index contributed by atoms with van der Waals surface area (Å²) in [5.74, 6) is 0.670. The predicted octanol–water partition coefficient (Wildman–Crippen LogP) is 3.49. The molecule has 2 heterocycles. The second-order valence-corrected chi connectivity index (χ2v) is 10.3. The normalized spacial score (nSPS) is 19.3. The topological polar surface area (TPSA) is 79.0 Å². The second kappa shape index (κ2) is 8.26. The number of fused-ring (bicyclic) bond motifs is 1. The summed E-state index contributed by atoms with van der Waals surface area (Å²) in [5.41, 5.74) is 4.21. The Hall–Kier alpha value is -2.84. The zero-order chi connectivity index (χ0) is 22.3. The number of carbonyl (C=O) groups excluding carboxylic acids is 1. The number of anilines is 2. The Morgan fingerprint density at radius 1 is 0.969 bits per heavy atom. The van der Waals surface area contributed by atoms with E-state index in [0.717, 1.165) is 48.3 Å². The van der Waals surface area contributed by atoms with E-state index in [1.165, 1.54) is 4.31 Å². The molecule has 3 aliphatic rings. The molecule has 1 N–H and O–H groups in total. The van der Waals surface area contributed by atoms with Crippen molar-refractivity contribution in [3.8, 4) is 5.75 Å². The number of nitrogens with zero attached hydrogens (tertiary/aromatic N) is 2. The quantitative estimate of drug-likeness (QED) is 0.717. The fourth-order valence-electron chi connectivity index (χ4n) is 4.92. The molecule has 2 fully saturated rings. The fourth-order valence-corrected chi connectivity index (χ4v) is 6.37. The number of methoxy groups -OCH3 is 1. The van der Waals surface area contributed by atoms with Gasteiger partial charge in [0.2, 0.25) is 10.0 Å². The molecule has 5 rings (SSSR count). The Balaban J connectivity index is 1.39. The molecule has 0 spiro atoms. The smallest absolute Gasteiger partial charge is 0.256 e. The number of hydrogen-bond acceptors (Lipinski definition) is 5. The Labute approximate surface area is 188 Å². The number of carbonyl (C=O) groups is 1. The van der Waals surface area contributed by atoms with Crippen LogP contribution in [-0.4, -0.2) is 51.9 Å². The summed E-state index contributed by atoms with van der Waals surface area (Å²) in [5, 5.41) is 2.89. The standard InChI is InChI=1S/C24H27N3O4S/c1-31-22-9-5-4-8-21(22)26-12-14-27(15-13-26)32(29,30)18-10-11-20-19(16-18)23(24(28)25-20)17-6-2-3-7-17/h4-5,8-11,16H,2-3,6-7,12-15H2,1H3,(H,25,28). The summed E-state index contributed by atoms with van der Waals surface area (Å²) in [6.45, 7) is 1.95. The zero-order valence-electron chi connectivity index (χ0n) is 18.1. The summed E-state index contributed by atoms with van der Waals surface area (Å²) in [7, 11) is -2.01. The van der Waals surface area contributed by atoms with Crippen LogP contribution >= 0.6 is 0 Å². The molecule has 32 heavy (non-hydrogen) atoms. The van der Waals surface area contributed by atoms with Crippen molar-refractivity contribution in [2.24, 2.45) is 0 Å². The molecule has 2 aromatic carbocycles. The molecule has 0 aromatic heterocycles. The lowest BCUT2D eigenvalue weighted by atomic mass is 10.00. The number of hydrogen-bond donors (Lipinski definition) is 1. The molecule has 0 radical (unpaired) electrons. The van der Waals surface area contributed by atoms with Gasteiger partial charge in [-0.3, -0.25) is 4.79 Å². The molecular weight excluding hydrogens is 426 g/mol. The molecule has 2 aliphatic heterocycles. The predicted molar refractivity (Wildman–Crippen MR) is 124 cm³/mol. The summed E-state index contributed by atoms with van der Waals surface area (Å²) in [6.07, 6.45) is 3.97. The number of nitrogens with one attached hydrogen (secondary N) is 1. The highest BCUT2D eigenvalue weighted by Crippen LogP contribution is 2.40. The number of ether oxygens (including phenoxy) is 1. The van der Waals surface area contributed by atoms with Gasteiger partial charge in [-0.2, -0.15) is 4.31 Å². The van der Waals surface area contributed by atoms with Crippen LogP contribution in [0.4, 0.5) is 11.4 Å². The Morgan fingerprint density at radius 2 is 1.69 bits per heavy atom. The van der Waals surface area contributed by atoms with Crippen molar-refractivity contribution in [3.05, 3.63) is 53.6 Å². The lowest BCUT2D eigenvalue weighted by Crippen LogP contribution is -2.48. The van der Waals surface area contributed by atoms with E-state index in [1.807, 2.05) is 24.3 Å². The van der Waals surface area contributed by atoms with E-state index in [0.29, 0.717) is 37.4 Å². The molecule has 0 bridgehead atoms. The van der Waals surface area contributed by atoms with Crippen LogP contribution in [-0.2, 0) is 14.8 Å². The maximum Gasteiger partial charge on any atom is 0.256 e. The van der Waals surface area contributed by atoms with Crippen molar-refractivity contribution < 1.29 is 17.9 Å². The first-order valence-electron chi connectivity index (χ1n) is 11.0. The third-order valence-electron chi connectivity index (χ3n) is 6.60. The minimum atomic E-state index is -3.66. The number of para-hydroxylation sites is 2. The maximum atomic E-state index is 13.4. The van der Waals surface area contributed by atoms with Crippen LogP contribution in [0.25, 0.3) is 5.57 Å². The van der Waals surface area contributed by atoms with Crippen LogP contribution < -0.4 is 15.0 Å². The molecule has 1 saturated heterocycles. The van der Waals surface area contributed by atoms with E-state index in [2.05, 4.69) is 10.2 Å². The second-order valence-electron chi connectivity index (χ2n) is 8.41. The molecule has 168 valence electrons. The lowest BCUT2D eigenvalue weighted by molar-refractivity contribution is -0.110. The Bertz CT molecular complexity index is 1190.